The third-order valence-electron chi connectivity index (χ3n) is 3.83. The number of rotatable bonds is 4. The van der Waals surface area contributed by atoms with Gasteiger partial charge < -0.3 is 9.64 Å². The third-order valence-corrected chi connectivity index (χ3v) is 3.83. The normalized spacial score (nSPS) is 19.9. The van der Waals surface area contributed by atoms with Crippen LogP contribution < -0.4 is 0 Å². The van der Waals surface area contributed by atoms with Gasteiger partial charge in [0.15, 0.2) is 0 Å². The average Bonchev–Trinajstić information content (AvgIpc) is 2.39. The van der Waals surface area contributed by atoms with Crippen LogP contribution in [0, 0.1) is 5.82 Å². The van der Waals surface area contributed by atoms with E-state index in [1.807, 2.05) is 12.1 Å². The van der Waals surface area contributed by atoms with E-state index in [4.69, 9.17) is 4.74 Å². The minimum Gasteiger partial charge on any atom is -0.380 e. The number of benzene rings is 1. The summed E-state index contributed by atoms with van der Waals surface area (Å²) in [7, 11) is 1.75. The summed E-state index contributed by atoms with van der Waals surface area (Å²) in [6.07, 6.45) is 2.51. The van der Waals surface area contributed by atoms with E-state index in [0.29, 0.717) is 5.92 Å². The monoisotopic (exact) mass is 251 g/mol. The van der Waals surface area contributed by atoms with Gasteiger partial charge in [-0.05, 0) is 56.5 Å². The van der Waals surface area contributed by atoms with E-state index in [2.05, 4.69) is 11.8 Å². The van der Waals surface area contributed by atoms with E-state index in [1.165, 1.54) is 6.07 Å². The van der Waals surface area contributed by atoms with Crippen molar-refractivity contribution >= 4 is 0 Å². The van der Waals surface area contributed by atoms with Crippen LogP contribution in [0.2, 0.25) is 0 Å². The van der Waals surface area contributed by atoms with Crippen LogP contribution in [0.25, 0.3) is 0 Å². The van der Waals surface area contributed by atoms with Crippen LogP contribution in [0.15, 0.2) is 24.3 Å². The summed E-state index contributed by atoms with van der Waals surface area (Å²) in [6.45, 7) is 5.24. The van der Waals surface area contributed by atoms with Gasteiger partial charge in [0, 0.05) is 13.7 Å². The molecule has 1 atom stereocenters. The summed E-state index contributed by atoms with van der Waals surface area (Å²) >= 11 is 0. The minimum atomic E-state index is -0.122. The molecule has 1 fully saturated rings. The second-order valence-electron chi connectivity index (χ2n) is 5.18. The first kappa shape index (κ1) is 13.5. The molecule has 3 heteroatoms. The molecule has 0 spiro atoms. The van der Waals surface area contributed by atoms with Gasteiger partial charge >= 0.3 is 0 Å². The lowest BCUT2D eigenvalue weighted by molar-refractivity contribution is 0.0675. The Hall–Kier alpha value is -0.930. The minimum absolute atomic E-state index is 0.122. The zero-order chi connectivity index (χ0) is 13.0. The Balaban J connectivity index is 1.87. The number of ether oxygens (including phenoxy) is 1. The Morgan fingerprint density at radius 1 is 1.39 bits per heavy atom. The number of halogens is 1. The molecule has 1 aromatic carbocycles. The molecule has 100 valence electrons. The van der Waals surface area contributed by atoms with Crippen molar-refractivity contribution in [2.45, 2.75) is 31.8 Å². The lowest BCUT2D eigenvalue weighted by atomic mass is 9.89. The predicted molar refractivity (Wildman–Crippen MR) is 71.3 cm³/mol. The van der Waals surface area contributed by atoms with E-state index in [-0.39, 0.29) is 11.9 Å². The van der Waals surface area contributed by atoms with Crippen LogP contribution in [0.1, 0.15) is 31.2 Å². The highest BCUT2D eigenvalue weighted by Gasteiger charge is 2.21. The van der Waals surface area contributed by atoms with Gasteiger partial charge in [-0.1, -0.05) is 12.1 Å². The Labute approximate surface area is 109 Å². The van der Waals surface area contributed by atoms with E-state index < -0.39 is 0 Å². The average molecular weight is 251 g/mol. The fourth-order valence-corrected chi connectivity index (χ4v) is 2.65. The number of likely N-dealkylation sites (tertiary alicyclic amines) is 1. The molecule has 0 N–H and O–H groups in total. The van der Waals surface area contributed by atoms with Crippen LogP contribution in [0.4, 0.5) is 4.39 Å². The van der Waals surface area contributed by atoms with Crippen molar-refractivity contribution < 1.29 is 9.13 Å². The quantitative estimate of drug-likeness (QED) is 0.815. The maximum Gasteiger partial charge on any atom is 0.123 e. The fraction of sp³-hybridized carbons (Fsp3) is 0.600. The molecule has 0 amide bonds. The van der Waals surface area contributed by atoms with E-state index in [1.54, 1.807) is 13.2 Å². The second kappa shape index (κ2) is 6.30. The van der Waals surface area contributed by atoms with Gasteiger partial charge in [-0.2, -0.15) is 0 Å². The van der Waals surface area contributed by atoms with E-state index in [9.17, 15) is 4.39 Å². The number of methoxy groups -OCH3 is 1. The van der Waals surface area contributed by atoms with Gasteiger partial charge in [-0.15, -0.1) is 0 Å². The van der Waals surface area contributed by atoms with Crippen molar-refractivity contribution in [3.63, 3.8) is 0 Å². The summed E-state index contributed by atoms with van der Waals surface area (Å²) in [5, 5.41) is 0. The predicted octanol–water partition coefficient (Wildman–Crippen LogP) is 3.04. The van der Waals surface area contributed by atoms with Crippen molar-refractivity contribution in [2.24, 2.45) is 0 Å². The largest absolute Gasteiger partial charge is 0.380 e. The van der Waals surface area contributed by atoms with Gasteiger partial charge in [0.1, 0.15) is 5.82 Å². The third kappa shape index (κ3) is 3.53. The number of nitrogens with zero attached hydrogens (tertiary/aromatic N) is 1. The van der Waals surface area contributed by atoms with Crippen LogP contribution in [-0.2, 0) is 4.74 Å². The van der Waals surface area contributed by atoms with E-state index in [0.717, 1.165) is 38.0 Å². The van der Waals surface area contributed by atoms with Gasteiger partial charge in [0.2, 0.25) is 0 Å². The smallest absolute Gasteiger partial charge is 0.123 e. The number of piperidine rings is 1. The standard InChI is InChI=1S/C15H22FNO/c1-12(18-2)11-17-8-6-13(7-9-17)14-4-3-5-15(16)10-14/h3-5,10,12-13H,6-9,11H2,1-2H3. The molecule has 2 rings (SSSR count). The lowest BCUT2D eigenvalue weighted by Gasteiger charge is -2.33. The number of hydrogen-bond acceptors (Lipinski definition) is 2. The molecule has 18 heavy (non-hydrogen) atoms. The Morgan fingerprint density at radius 3 is 2.72 bits per heavy atom. The summed E-state index contributed by atoms with van der Waals surface area (Å²) in [5.41, 5.74) is 1.15. The highest BCUT2D eigenvalue weighted by atomic mass is 19.1. The molecule has 1 unspecified atom stereocenters. The van der Waals surface area contributed by atoms with Gasteiger partial charge in [-0.3, -0.25) is 0 Å². The maximum absolute atomic E-state index is 13.2. The second-order valence-corrected chi connectivity index (χ2v) is 5.18. The van der Waals surface area contributed by atoms with Crippen LogP contribution in [0.5, 0.6) is 0 Å². The fourth-order valence-electron chi connectivity index (χ4n) is 2.65. The molecule has 0 aromatic heterocycles. The molecule has 1 aliphatic rings. The van der Waals surface area contributed by atoms with Gasteiger partial charge in [-0.25, -0.2) is 4.39 Å². The summed E-state index contributed by atoms with van der Waals surface area (Å²) in [5.74, 6) is 0.387. The van der Waals surface area contributed by atoms with Crippen LogP contribution in [0.3, 0.4) is 0 Å². The van der Waals surface area contributed by atoms with Crippen molar-refractivity contribution in [3.8, 4) is 0 Å². The van der Waals surface area contributed by atoms with Crippen molar-refractivity contribution in [2.75, 3.05) is 26.7 Å². The van der Waals surface area contributed by atoms with Crippen LogP contribution >= 0.6 is 0 Å². The highest BCUT2D eigenvalue weighted by Crippen LogP contribution is 2.28. The topological polar surface area (TPSA) is 12.5 Å². The molecule has 0 bridgehead atoms. The zero-order valence-electron chi connectivity index (χ0n) is 11.2. The number of hydrogen-bond donors (Lipinski definition) is 0. The van der Waals surface area contributed by atoms with E-state index >= 15 is 0 Å². The molecular weight excluding hydrogens is 229 g/mol. The molecule has 0 aliphatic carbocycles. The van der Waals surface area contributed by atoms with Gasteiger partial charge in [0.05, 0.1) is 6.10 Å². The van der Waals surface area contributed by atoms with Crippen LogP contribution in [-0.4, -0.2) is 37.7 Å². The first-order chi connectivity index (χ1) is 8.69. The molecule has 1 saturated heterocycles. The molecule has 0 radical (unpaired) electrons. The lowest BCUT2D eigenvalue weighted by Crippen LogP contribution is -2.38. The maximum atomic E-state index is 13.2. The molecule has 0 saturated carbocycles. The Morgan fingerprint density at radius 2 is 2.11 bits per heavy atom. The zero-order valence-corrected chi connectivity index (χ0v) is 11.2. The molecule has 1 heterocycles. The van der Waals surface area contributed by atoms with Crippen molar-refractivity contribution in [1.82, 2.24) is 4.90 Å². The molecule has 1 aliphatic heterocycles. The molecular formula is C15H22FNO. The summed E-state index contributed by atoms with van der Waals surface area (Å²) in [6, 6.07) is 7.04. The first-order valence-corrected chi connectivity index (χ1v) is 6.69. The summed E-state index contributed by atoms with van der Waals surface area (Å²) in [4.78, 5) is 2.43. The highest BCUT2D eigenvalue weighted by molar-refractivity contribution is 5.21. The molecule has 2 nitrogen and oxygen atoms in total. The molecule has 1 aromatic rings. The summed E-state index contributed by atoms with van der Waals surface area (Å²) < 4.78 is 18.5. The Kier molecular flexibility index (Phi) is 4.72. The SMILES string of the molecule is COC(C)CN1CCC(c2cccc(F)c2)CC1. The first-order valence-electron chi connectivity index (χ1n) is 6.69. The van der Waals surface area contributed by atoms with Crippen molar-refractivity contribution in [3.05, 3.63) is 35.6 Å². The Bertz CT molecular complexity index is 375. The van der Waals surface area contributed by atoms with Gasteiger partial charge in [0.25, 0.3) is 0 Å². The van der Waals surface area contributed by atoms with Crippen molar-refractivity contribution in [1.29, 1.82) is 0 Å².